The fourth-order valence-electron chi connectivity index (χ4n) is 3.69. The summed E-state index contributed by atoms with van der Waals surface area (Å²) in [5.74, 6) is 0.0632. The monoisotopic (exact) mass is 364 g/mol. The number of nitrogens with zero attached hydrogens (tertiary/aromatic N) is 1. The minimum absolute atomic E-state index is 0.0225. The highest BCUT2D eigenvalue weighted by Crippen LogP contribution is 2.32. The van der Waals surface area contributed by atoms with Crippen LogP contribution in [0.2, 0.25) is 0 Å². The summed E-state index contributed by atoms with van der Waals surface area (Å²) in [6.07, 6.45) is 1.12. The van der Waals surface area contributed by atoms with Crippen LogP contribution in [-0.2, 0) is 16.0 Å². The molecule has 1 heterocycles. The highest BCUT2D eigenvalue weighted by atomic mass is 16.2. The van der Waals surface area contributed by atoms with E-state index in [2.05, 4.69) is 32.2 Å². The molecule has 4 nitrogen and oxygen atoms in total. The second kappa shape index (κ2) is 7.95. The zero-order valence-electron chi connectivity index (χ0n) is 16.6. The molecule has 1 N–H and O–H groups in total. The number of benzene rings is 2. The zero-order chi connectivity index (χ0) is 19.6. The van der Waals surface area contributed by atoms with E-state index >= 15 is 0 Å². The number of carbonyl (C=O) groups is 2. The number of hydrogen-bond acceptors (Lipinski definition) is 2. The molecule has 3 rings (SSSR count). The molecule has 2 aromatic carbocycles. The quantitative estimate of drug-likeness (QED) is 0.838. The van der Waals surface area contributed by atoms with Crippen LogP contribution in [0.5, 0.6) is 0 Å². The Hall–Kier alpha value is -2.62. The van der Waals surface area contributed by atoms with Crippen molar-refractivity contribution < 1.29 is 9.59 Å². The van der Waals surface area contributed by atoms with E-state index < -0.39 is 0 Å². The van der Waals surface area contributed by atoms with Crippen molar-refractivity contribution in [1.82, 2.24) is 0 Å². The number of rotatable bonds is 5. The number of amides is 2. The van der Waals surface area contributed by atoms with Gasteiger partial charge in [0.2, 0.25) is 11.8 Å². The average molecular weight is 364 g/mol. The summed E-state index contributed by atoms with van der Waals surface area (Å²) in [5.41, 5.74) is 5.21. The first-order chi connectivity index (χ1) is 12.9. The Morgan fingerprint density at radius 2 is 1.89 bits per heavy atom. The summed E-state index contributed by atoms with van der Waals surface area (Å²) in [6, 6.07) is 14.0. The van der Waals surface area contributed by atoms with Crippen LogP contribution < -0.4 is 10.2 Å². The Kier molecular flexibility index (Phi) is 5.64. The summed E-state index contributed by atoms with van der Waals surface area (Å²) in [6.45, 7) is 8.83. The standard InChI is InChI=1S/C23H28N2O2/c1-5-17-8-6-7-16(4)22(17)25-14-19(13-21(25)26)23(27)24-20-11-9-18(10-12-20)15(2)3/h6-12,15,19H,5,13-14H2,1-4H3,(H,24,27). The van der Waals surface area contributed by atoms with Crippen molar-refractivity contribution in [2.45, 2.75) is 46.5 Å². The SMILES string of the molecule is CCc1cccc(C)c1N1CC(C(=O)Nc2ccc(C(C)C)cc2)CC1=O. The second-order valence-corrected chi connectivity index (χ2v) is 7.61. The number of carbonyl (C=O) groups excluding carboxylic acids is 2. The second-order valence-electron chi connectivity index (χ2n) is 7.61. The van der Waals surface area contributed by atoms with E-state index in [1.54, 1.807) is 4.90 Å². The predicted octanol–water partition coefficient (Wildman–Crippen LogP) is 4.67. The number of para-hydroxylation sites is 1. The molecule has 0 aliphatic carbocycles. The van der Waals surface area contributed by atoms with Gasteiger partial charge in [-0.25, -0.2) is 0 Å². The number of hydrogen-bond donors (Lipinski definition) is 1. The normalized spacial score (nSPS) is 16.9. The lowest BCUT2D eigenvalue weighted by Gasteiger charge is -2.22. The molecular formula is C23H28N2O2. The van der Waals surface area contributed by atoms with Crippen molar-refractivity contribution in [3.63, 3.8) is 0 Å². The Balaban J connectivity index is 1.73. The molecule has 142 valence electrons. The number of nitrogens with one attached hydrogen (secondary N) is 1. The molecule has 0 radical (unpaired) electrons. The molecule has 1 unspecified atom stereocenters. The molecule has 0 bridgehead atoms. The van der Waals surface area contributed by atoms with Gasteiger partial charge in [0.1, 0.15) is 0 Å². The summed E-state index contributed by atoms with van der Waals surface area (Å²) in [7, 11) is 0. The van der Waals surface area contributed by atoms with E-state index in [1.807, 2.05) is 43.3 Å². The molecule has 1 saturated heterocycles. The molecule has 2 aromatic rings. The van der Waals surface area contributed by atoms with Gasteiger partial charge in [0.15, 0.2) is 0 Å². The van der Waals surface area contributed by atoms with Crippen LogP contribution in [0.15, 0.2) is 42.5 Å². The van der Waals surface area contributed by atoms with Crippen LogP contribution in [0.3, 0.4) is 0 Å². The first-order valence-corrected chi connectivity index (χ1v) is 9.70. The molecule has 0 saturated carbocycles. The minimum Gasteiger partial charge on any atom is -0.326 e. The fraction of sp³-hybridized carbons (Fsp3) is 0.391. The minimum atomic E-state index is -0.327. The summed E-state index contributed by atoms with van der Waals surface area (Å²) >= 11 is 0. The van der Waals surface area contributed by atoms with Gasteiger partial charge in [0.05, 0.1) is 5.92 Å². The van der Waals surface area contributed by atoms with Crippen molar-refractivity contribution >= 4 is 23.2 Å². The Labute approximate surface area is 161 Å². The molecule has 27 heavy (non-hydrogen) atoms. The zero-order valence-corrected chi connectivity index (χ0v) is 16.6. The number of anilines is 2. The van der Waals surface area contributed by atoms with Crippen molar-refractivity contribution in [3.8, 4) is 0 Å². The van der Waals surface area contributed by atoms with Crippen molar-refractivity contribution in [3.05, 3.63) is 59.2 Å². The van der Waals surface area contributed by atoms with Gasteiger partial charge in [0, 0.05) is 24.3 Å². The molecule has 1 fully saturated rings. The lowest BCUT2D eigenvalue weighted by Crippen LogP contribution is -2.29. The van der Waals surface area contributed by atoms with Crippen LogP contribution >= 0.6 is 0 Å². The number of aryl methyl sites for hydroxylation is 2. The molecule has 0 aromatic heterocycles. The first kappa shape index (κ1) is 19.2. The lowest BCUT2D eigenvalue weighted by atomic mass is 10.0. The maximum Gasteiger partial charge on any atom is 0.229 e. The summed E-state index contributed by atoms with van der Waals surface area (Å²) in [5, 5.41) is 2.97. The van der Waals surface area contributed by atoms with Gasteiger partial charge in [-0.1, -0.05) is 51.1 Å². The molecule has 1 atom stereocenters. The van der Waals surface area contributed by atoms with Gasteiger partial charge in [-0.3, -0.25) is 9.59 Å². The molecule has 1 aliphatic rings. The van der Waals surface area contributed by atoms with Crippen molar-refractivity contribution in [2.75, 3.05) is 16.8 Å². The van der Waals surface area contributed by atoms with Crippen LogP contribution in [-0.4, -0.2) is 18.4 Å². The summed E-state index contributed by atoms with van der Waals surface area (Å²) in [4.78, 5) is 27.1. The van der Waals surface area contributed by atoms with Crippen LogP contribution in [0, 0.1) is 12.8 Å². The average Bonchev–Trinajstić information content (AvgIpc) is 3.03. The smallest absolute Gasteiger partial charge is 0.229 e. The van der Waals surface area contributed by atoms with Gasteiger partial charge in [0.25, 0.3) is 0 Å². The highest BCUT2D eigenvalue weighted by Gasteiger charge is 2.36. The van der Waals surface area contributed by atoms with Crippen LogP contribution in [0.4, 0.5) is 11.4 Å². The maximum absolute atomic E-state index is 12.7. The fourth-order valence-corrected chi connectivity index (χ4v) is 3.69. The van der Waals surface area contributed by atoms with Gasteiger partial charge < -0.3 is 10.2 Å². The van der Waals surface area contributed by atoms with E-state index in [9.17, 15) is 9.59 Å². The van der Waals surface area contributed by atoms with Gasteiger partial charge in [-0.05, 0) is 48.1 Å². The third kappa shape index (κ3) is 4.05. The van der Waals surface area contributed by atoms with Crippen molar-refractivity contribution in [1.29, 1.82) is 0 Å². The lowest BCUT2D eigenvalue weighted by molar-refractivity contribution is -0.122. The summed E-state index contributed by atoms with van der Waals surface area (Å²) < 4.78 is 0. The van der Waals surface area contributed by atoms with E-state index in [0.717, 1.165) is 28.9 Å². The van der Waals surface area contributed by atoms with Crippen LogP contribution in [0.1, 0.15) is 49.8 Å². The Bertz CT molecular complexity index is 840. The van der Waals surface area contributed by atoms with E-state index in [1.165, 1.54) is 5.56 Å². The van der Waals surface area contributed by atoms with Gasteiger partial charge in [-0.15, -0.1) is 0 Å². The van der Waals surface area contributed by atoms with Gasteiger partial charge >= 0.3 is 0 Å². The van der Waals surface area contributed by atoms with E-state index in [4.69, 9.17) is 0 Å². The first-order valence-electron chi connectivity index (χ1n) is 9.70. The third-order valence-electron chi connectivity index (χ3n) is 5.31. The topological polar surface area (TPSA) is 49.4 Å². The molecule has 1 aliphatic heterocycles. The Morgan fingerprint density at radius 1 is 1.19 bits per heavy atom. The molecular weight excluding hydrogens is 336 g/mol. The third-order valence-corrected chi connectivity index (χ3v) is 5.31. The predicted molar refractivity (Wildman–Crippen MR) is 110 cm³/mol. The van der Waals surface area contributed by atoms with Crippen LogP contribution in [0.25, 0.3) is 0 Å². The largest absolute Gasteiger partial charge is 0.326 e. The molecule has 0 spiro atoms. The Morgan fingerprint density at radius 3 is 2.52 bits per heavy atom. The molecule has 2 amide bonds. The highest BCUT2D eigenvalue weighted by molar-refractivity contribution is 6.04. The van der Waals surface area contributed by atoms with Crippen molar-refractivity contribution in [2.24, 2.45) is 5.92 Å². The molecule has 4 heteroatoms. The maximum atomic E-state index is 12.7. The van der Waals surface area contributed by atoms with E-state index in [-0.39, 0.29) is 24.2 Å². The van der Waals surface area contributed by atoms with Gasteiger partial charge in [-0.2, -0.15) is 0 Å². The van der Waals surface area contributed by atoms with E-state index in [0.29, 0.717) is 12.5 Å².